The fraction of sp³-hybridized carbons (Fsp3) is 0.765. The van der Waals surface area contributed by atoms with Gasteiger partial charge in [0, 0.05) is 19.5 Å². The van der Waals surface area contributed by atoms with Gasteiger partial charge in [-0.1, -0.05) is 20.8 Å². The van der Waals surface area contributed by atoms with Crippen molar-refractivity contribution < 1.29 is 4.74 Å². The van der Waals surface area contributed by atoms with Gasteiger partial charge in [0.1, 0.15) is 0 Å². The topological polar surface area (TPSA) is 47.0 Å². The molecule has 4 nitrogen and oxygen atoms in total. The van der Waals surface area contributed by atoms with E-state index in [0.29, 0.717) is 5.41 Å². The molecule has 0 aliphatic heterocycles. The second-order valence-corrected chi connectivity index (χ2v) is 6.95. The molecule has 1 N–H and O–H groups in total. The Balaban J connectivity index is 2.25. The molecule has 0 radical (unpaired) electrons. The molecule has 0 saturated heterocycles. The molecule has 1 aliphatic carbocycles. The van der Waals surface area contributed by atoms with Crippen LogP contribution < -0.4 is 5.32 Å². The minimum Gasteiger partial charge on any atom is -0.376 e. The first-order chi connectivity index (χ1) is 10.0. The number of methoxy groups -OCH3 is 1. The van der Waals surface area contributed by atoms with Gasteiger partial charge in [-0.2, -0.15) is 0 Å². The summed E-state index contributed by atoms with van der Waals surface area (Å²) in [5, 5.41) is 3.65. The van der Waals surface area contributed by atoms with E-state index in [1.54, 1.807) is 12.4 Å². The van der Waals surface area contributed by atoms with Crippen LogP contribution in [-0.4, -0.2) is 29.2 Å². The molecule has 118 valence electrons. The highest BCUT2D eigenvalue weighted by Gasteiger charge is 2.45. The second kappa shape index (κ2) is 6.84. The average Bonchev–Trinajstić information content (AvgIpc) is 2.50. The molecule has 4 heteroatoms. The fourth-order valence-electron chi connectivity index (χ4n) is 3.27. The fourth-order valence-corrected chi connectivity index (χ4v) is 3.27. The predicted molar refractivity (Wildman–Crippen MR) is 85.1 cm³/mol. The number of rotatable bonds is 6. The lowest BCUT2D eigenvalue weighted by atomic mass is 9.68. The molecule has 1 unspecified atom stereocenters. The standard InChI is InChI=1S/C17H29N3O/c1-5-10-20-15(14-13-18-11-12-19-14)17(21-4)8-6-16(2,3)7-9-17/h11-13,15,20H,5-10H2,1-4H3. The molecule has 1 aliphatic rings. The van der Waals surface area contributed by atoms with Crippen LogP contribution in [0.2, 0.25) is 0 Å². The van der Waals surface area contributed by atoms with Crippen LogP contribution in [0.3, 0.4) is 0 Å². The SMILES string of the molecule is CCCNC(c1cnccn1)C1(OC)CCC(C)(C)CC1. The highest BCUT2D eigenvalue weighted by Crippen LogP contribution is 2.46. The Morgan fingerprint density at radius 1 is 1.24 bits per heavy atom. The molecule has 0 bridgehead atoms. The van der Waals surface area contributed by atoms with Gasteiger partial charge < -0.3 is 10.1 Å². The maximum absolute atomic E-state index is 6.06. The van der Waals surface area contributed by atoms with Crippen molar-refractivity contribution >= 4 is 0 Å². The molecule has 1 heterocycles. The van der Waals surface area contributed by atoms with Gasteiger partial charge in [0.05, 0.1) is 23.5 Å². The zero-order valence-electron chi connectivity index (χ0n) is 13.9. The van der Waals surface area contributed by atoms with Gasteiger partial charge in [0.15, 0.2) is 0 Å². The Labute approximate surface area is 128 Å². The van der Waals surface area contributed by atoms with Gasteiger partial charge >= 0.3 is 0 Å². The number of nitrogens with one attached hydrogen (secondary N) is 1. The van der Waals surface area contributed by atoms with E-state index in [4.69, 9.17) is 4.74 Å². The second-order valence-electron chi connectivity index (χ2n) is 6.95. The van der Waals surface area contributed by atoms with Gasteiger partial charge in [0.2, 0.25) is 0 Å². The van der Waals surface area contributed by atoms with Crippen LogP contribution in [0.4, 0.5) is 0 Å². The van der Waals surface area contributed by atoms with E-state index in [-0.39, 0.29) is 11.6 Å². The molecule has 0 amide bonds. The molecule has 1 aromatic heterocycles. The first kappa shape index (κ1) is 16.4. The lowest BCUT2D eigenvalue weighted by Crippen LogP contribution is -2.49. The summed E-state index contributed by atoms with van der Waals surface area (Å²) in [7, 11) is 1.84. The summed E-state index contributed by atoms with van der Waals surface area (Å²) in [6.07, 6.45) is 11.0. The summed E-state index contributed by atoms with van der Waals surface area (Å²) in [4.78, 5) is 8.78. The zero-order chi connectivity index (χ0) is 15.3. The van der Waals surface area contributed by atoms with Crippen LogP contribution in [0.1, 0.15) is 64.6 Å². The van der Waals surface area contributed by atoms with Crippen molar-refractivity contribution in [1.29, 1.82) is 0 Å². The van der Waals surface area contributed by atoms with Gasteiger partial charge in [-0.25, -0.2) is 0 Å². The molecule has 0 aromatic carbocycles. The monoisotopic (exact) mass is 291 g/mol. The van der Waals surface area contributed by atoms with Crippen molar-refractivity contribution in [2.45, 2.75) is 64.5 Å². The molecule has 2 rings (SSSR count). The lowest BCUT2D eigenvalue weighted by Gasteiger charge is -2.47. The van der Waals surface area contributed by atoms with E-state index in [0.717, 1.165) is 31.5 Å². The number of hydrogen-bond acceptors (Lipinski definition) is 4. The van der Waals surface area contributed by atoms with Gasteiger partial charge in [-0.05, 0) is 44.1 Å². The third-order valence-electron chi connectivity index (χ3n) is 4.86. The normalized spacial score (nSPS) is 21.9. The molecule has 1 atom stereocenters. The van der Waals surface area contributed by atoms with E-state index in [2.05, 4.69) is 36.1 Å². The van der Waals surface area contributed by atoms with Crippen molar-refractivity contribution in [1.82, 2.24) is 15.3 Å². The number of nitrogens with zero attached hydrogens (tertiary/aromatic N) is 2. The summed E-state index contributed by atoms with van der Waals surface area (Å²) >= 11 is 0. The molecular formula is C17H29N3O. The van der Waals surface area contributed by atoms with E-state index < -0.39 is 0 Å². The van der Waals surface area contributed by atoms with Crippen LogP contribution in [0.25, 0.3) is 0 Å². The Morgan fingerprint density at radius 3 is 2.48 bits per heavy atom. The Kier molecular flexibility index (Phi) is 5.33. The van der Waals surface area contributed by atoms with Crippen molar-refractivity contribution in [3.8, 4) is 0 Å². The number of aromatic nitrogens is 2. The highest BCUT2D eigenvalue weighted by molar-refractivity contribution is 5.12. The maximum atomic E-state index is 6.06. The third kappa shape index (κ3) is 3.80. The minimum atomic E-state index is -0.166. The van der Waals surface area contributed by atoms with Crippen molar-refractivity contribution in [2.24, 2.45) is 5.41 Å². The summed E-state index contributed by atoms with van der Waals surface area (Å²) < 4.78 is 6.06. The third-order valence-corrected chi connectivity index (χ3v) is 4.86. The van der Waals surface area contributed by atoms with E-state index in [1.807, 2.05) is 13.3 Å². The maximum Gasteiger partial charge on any atom is 0.0888 e. The van der Waals surface area contributed by atoms with Gasteiger partial charge in [-0.3, -0.25) is 9.97 Å². The quantitative estimate of drug-likeness (QED) is 0.871. The molecule has 21 heavy (non-hydrogen) atoms. The van der Waals surface area contributed by atoms with Gasteiger partial charge in [0.25, 0.3) is 0 Å². The molecular weight excluding hydrogens is 262 g/mol. The van der Waals surface area contributed by atoms with Crippen molar-refractivity contribution in [3.05, 3.63) is 24.3 Å². The molecule has 1 saturated carbocycles. The van der Waals surface area contributed by atoms with Crippen molar-refractivity contribution in [3.63, 3.8) is 0 Å². The summed E-state index contributed by atoms with van der Waals surface area (Å²) in [6.45, 7) is 7.85. The number of ether oxygens (including phenoxy) is 1. The summed E-state index contributed by atoms with van der Waals surface area (Å²) in [5.74, 6) is 0. The van der Waals surface area contributed by atoms with Crippen LogP contribution in [0.5, 0.6) is 0 Å². The first-order valence-corrected chi connectivity index (χ1v) is 8.07. The zero-order valence-corrected chi connectivity index (χ0v) is 13.9. The van der Waals surface area contributed by atoms with Gasteiger partial charge in [-0.15, -0.1) is 0 Å². The predicted octanol–water partition coefficient (Wildman–Crippen LogP) is 3.50. The Hall–Kier alpha value is -1.00. The molecule has 1 aromatic rings. The van der Waals surface area contributed by atoms with Crippen LogP contribution in [0, 0.1) is 5.41 Å². The Morgan fingerprint density at radius 2 is 1.95 bits per heavy atom. The summed E-state index contributed by atoms with van der Waals surface area (Å²) in [5.41, 5.74) is 1.24. The smallest absolute Gasteiger partial charge is 0.0888 e. The van der Waals surface area contributed by atoms with E-state index in [1.165, 1.54) is 12.8 Å². The highest BCUT2D eigenvalue weighted by atomic mass is 16.5. The van der Waals surface area contributed by atoms with Crippen LogP contribution in [-0.2, 0) is 4.74 Å². The average molecular weight is 291 g/mol. The first-order valence-electron chi connectivity index (χ1n) is 8.07. The Bertz CT molecular complexity index is 423. The minimum absolute atomic E-state index is 0.118. The largest absolute Gasteiger partial charge is 0.376 e. The molecule has 0 spiro atoms. The molecule has 1 fully saturated rings. The lowest BCUT2D eigenvalue weighted by molar-refractivity contribution is -0.0885. The summed E-state index contributed by atoms with van der Waals surface area (Å²) in [6, 6.07) is 0.118. The van der Waals surface area contributed by atoms with Crippen molar-refractivity contribution in [2.75, 3.05) is 13.7 Å². The van der Waals surface area contributed by atoms with Crippen LogP contribution >= 0.6 is 0 Å². The van der Waals surface area contributed by atoms with E-state index in [9.17, 15) is 0 Å². The van der Waals surface area contributed by atoms with Crippen LogP contribution in [0.15, 0.2) is 18.6 Å². The number of hydrogen-bond donors (Lipinski definition) is 1. The van der Waals surface area contributed by atoms with E-state index >= 15 is 0 Å².